The molecule has 0 aromatic heterocycles. The number of primary sulfonamides is 1. The maximum atomic E-state index is 12.3. The molecule has 0 aliphatic carbocycles. The number of sulfonamides is 1. The summed E-state index contributed by atoms with van der Waals surface area (Å²) in [5.41, 5.74) is 8.66. The molecule has 124 valence electrons. The minimum Gasteiger partial charge on any atom is -0.388 e. The van der Waals surface area contributed by atoms with Crippen LogP contribution in [0.2, 0.25) is 0 Å². The van der Waals surface area contributed by atoms with Gasteiger partial charge in [0.15, 0.2) is 5.71 Å². The van der Waals surface area contributed by atoms with Crippen molar-refractivity contribution in [3.63, 3.8) is 0 Å². The lowest BCUT2D eigenvalue weighted by atomic mass is 10.3. The van der Waals surface area contributed by atoms with Gasteiger partial charge in [-0.3, -0.25) is 10.2 Å². The predicted octanol–water partition coefficient (Wildman–Crippen LogP) is 0.0104. The standard InChI is InChI=1S/C13H17N5O3S2/c14-12(22)11(13(19)18-7-1-2-8-18)17-16-9-3-5-10(6-4-9)23(15,20)21/h3-6,16H,1-2,7-8H2,(H2,14,22)(H2,15,20,21)/b17-11+. The van der Waals surface area contributed by atoms with Gasteiger partial charge in [-0.25, -0.2) is 13.6 Å². The molecular formula is C13H17N5O3S2. The monoisotopic (exact) mass is 355 g/mol. The number of likely N-dealkylation sites (tertiary alicyclic amines) is 1. The SMILES string of the molecule is NC(=S)/C(=N\Nc1ccc(S(N)(=O)=O)cc1)C(=O)N1CCCC1. The Balaban J connectivity index is 2.14. The molecule has 2 rings (SSSR count). The Morgan fingerprint density at radius 3 is 2.26 bits per heavy atom. The smallest absolute Gasteiger partial charge is 0.277 e. The fraction of sp³-hybridized carbons (Fsp3) is 0.308. The van der Waals surface area contributed by atoms with Crippen LogP contribution < -0.4 is 16.3 Å². The average Bonchev–Trinajstić information content (AvgIpc) is 3.00. The minimum atomic E-state index is -3.75. The first-order chi connectivity index (χ1) is 10.8. The first kappa shape index (κ1) is 17.3. The molecule has 0 unspecified atom stereocenters. The van der Waals surface area contributed by atoms with Crippen LogP contribution in [0.25, 0.3) is 0 Å². The van der Waals surface area contributed by atoms with E-state index in [1.165, 1.54) is 24.3 Å². The zero-order valence-corrected chi connectivity index (χ0v) is 13.9. The summed E-state index contributed by atoms with van der Waals surface area (Å²) in [5.74, 6) is -0.316. The minimum absolute atomic E-state index is 0.0188. The number of thiocarbonyl (C=S) groups is 1. The van der Waals surface area contributed by atoms with Gasteiger partial charge in [-0.05, 0) is 37.1 Å². The van der Waals surface area contributed by atoms with Crippen molar-refractivity contribution in [1.82, 2.24) is 4.90 Å². The molecule has 0 radical (unpaired) electrons. The maximum absolute atomic E-state index is 12.3. The Morgan fingerprint density at radius 2 is 1.78 bits per heavy atom. The zero-order valence-electron chi connectivity index (χ0n) is 12.2. The Bertz CT molecular complexity index is 737. The van der Waals surface area contributed by atoms with Gasteiger partial charge in [-0.2, -0.15) is 5.10 Å². The number of hydrogen-bond donors (Lipinski definition) is 3. The van der Waals surface area contributed by atoms with Crippen molar-refractivity contribution >= 4 is 44.5 Å². The first-order valence-electron chi connectivity index (χ1n) is 6.84. The van der Waals surface area contributed by atoms with Gasteiger partial charge in [-0.1, -0.05) is 12.2 Å². The summed E-state index contributed by atoms with van der Waals surface area (Å²) < 4.78 is 22.4. The highest BCUT2D eigenvalue weighted by Gasteiger charge is 2.24. The van der Waals surface area contributed by atoms with Gasteiger partial charge in [0.05, 0.1) is 10.6 Å². The van der Waals surface area contributed by atoms with Crippen LogP contribution in [0, 0.1) is 0 Å². The topological polar surface area (TPSA) is 131 Å². The highest BCUT2D eigenvalue weighted by atomic mass is 32.2. The van der Waals surface area contributed by atoms with E-state index in [0.717, 1.165) is 12.8 Å². The van der Waals surface area contributed by atoms with Crippen molar-refractivity contribution in [3.8, 4) is 0 Å². The molecule has 1 aliphatic rings. The molecule has 0 atom stereocenters. The van der Waals surface area contributed by atoms with Crippen LogP contribution in [0.3, 0.4) is 0 Å². The lowest BCUT2D eigenvalue weighted by Gasteiger charge is -2.16. The maximum Gasteiger partial charge on any atom is 0.277 e. The van der Waals surface area contributed by atoms with Gasteiger partial charge < -0.3 is 10.6 Å². The summed E-state index contributed by atoms with van der Waals surface area (Å²) in [6.45, 7) is 1.31. The summed E-state index contributed by atoms with van der Waals surface area (Å²) in [7, 11) is -3.75. The molecule has 5 N–H and O–H groups in total. The molecular weight excluding hydrogens is 338 g/mol. The number of amides is 1. The van der Waals surface area contributed by atoms with E-state index in [1.807, 2.05) is 0 Å². The lowest BCUT2D eigenvalue weighted by molar-refractivity contribution is -0.122. The summed E-state index contributed by atoms with van der Waals surface area (Å²) >= 11 is 4.88. The molecule has 0 saturated carbocycles. The van der Waals surface area contributed by atoms with E-state index in [2.05, 4.69) is 10.5 Å². The van der Waals surface area contributed by atoms with E-state index >= 15 is 0 Å². The van der Waals surface area contributed by atoms with Crippen LogP contribution in [-0.4, -0.2) is 43.0 Å². The summed E-state index contributed by atoms with van der Waals surface area (Å²) in [4.78, 5) is 13.8. The van der Waals surface area contributed by atoms with Crippen molar-refractivity contribution in [2.75, 3.05) is 18.5 Å². The molecule has 1 fully saturated rings. The molecule has 0 spiro atoms. The van der Waals surface area contributed by atoms with Crippen LogP contribution in [0.1, 0.15) is 12.8 Å². The normalized spacial score (nSPS) is 15.5. The van der Waals surface area contributed by atoms with Gasteiger partial charge in [-0.15, -0.1) is 0 Å². The number of nitrogens with zero attached hydrogens (tertiary/aromatic N) is 2. The Kier molecular flexibility index (Phi) is 5.29. The Morgan fingerprint density at radius 1 is 1.22 bits per heavy atom. The molecule has 1 aromatic rings. The molecule has 1 heterocycles. The highest BCUT2D eigenvalue weighted by molar-refractivity contribution is 7.89. The molecule has 1 aromatic carbocycles. The Hall–Kier alpha value is -2.04. The summed E-state index contributed by atoms with van der Waals surface area (Å²) in [6, 6.07) is 5.60. The average molecular weight is 355 g/mol. The second kappa shape index (κ2) is 7.02. The van der Waals surface area contributed by atoms with Gasteiger partial charge in [0, 0.05) is 13.1 Å². The zero-order chi connectivity index (χ0) is 17.0. The van der Waals surface area contributed by atoms with Crippen LogP contribution in [0.4, 0.5) is 5.69 Å². The largest absolute Gasteiger partial charge is 0.388 e. The molecule has 1 saturated heterocycles. The third-order valence-corrected chi connectivity index (χ3v) is 4.43. The molecule has 0 bridgehead atoms. The number of nitrogens with one attached hydrogen (secondary N) is 1. The second-order valence-electron chi connectivity index (χ2n) is 5.01. The summed E-state index contributed by atoms with van der Waals surface area (Å²) in [5, 5.41) is 8.98. The molecule has 23 heavy (non-hydrogen) atoms. The van der Waals surface area contributed by atoms with Gasteiger partial charge in [0.2, 0.25) is 10.0 Å². The number of rotatable bonds is 5. The third kappa shape index (κ3) is 4.47. The molecule has 8 nitrogen and oxygen atoms in total. The van der Waals surface area contributed by atoms with E-state index in [9.17, 15) is 13.2 Å². The summed E-state index contributed by atoms with van der Waals surface area (Å²) in [6.07, 6.45) is 1.89. The van der Waals surface area contributed by atoms with Crippen molar-refractivity contribution in [1.29, 1.82) is 0 Å². The van der Waals surface area contributed by atoms with Crippen LogP contribution >= 0.6 is 12.2 Å². The fourth-order valence-electron chi connectivity index (χ4n) is 2.12. The van der Waals surface area contributed by atoms with E-state index in [1.54, 1.807) is 4.90 Å². The molecule has 1 amide bonds. The highest BCUT2D eigenvalue weighted by Crippen LogP contribution is 2.13. The van der Waals surface area contributed by atoms with Crippen LogP contribution in [-0.2, 0) is 14.8 Å². The Labute approximate surface area is 139 Å². The number of anilines is 1. The van der Waals surface area contributed by atoms with Crippen LogP contribution in [0.15, 0.2) is 34.3 Å². The first-order valence-corrected chi connectivity index (χ1v) is 8.80. The van der Waals surface area contributed by atoms with Crippen molar-refractivity contribution < 1.29 is 13.2 Å². The number of benzene rings is 1. The molecule has 1 aliphatic heterocycles. The molecule has 10 heteroatoms. The van der Waals surface area contributed by atoms with Crippen molar-refractivity contribution in [3.05, 3.63) is 24.3 Å². The van der Waals surface area contributed by atoms with E-state index in [-0.39, 0.29) is 21.5 Å². The van der Waals surface area contributed by atoms with Crippen molar-refractivity contribution in [2.45, 2.75) is 17.7 Å². The fourth-order valence-corrected chi connectivity index (χ4v) is 2.77. The lowest BCUT2D eigenvalue weighted by Crippen LogP contribution is -2.40. The van der Waals surface area contributed by atoms with Crippen LogP contribution in [0.5, 0.6) is 0 Å². The number of hydrogen-bond acceptors (Lipinski definition) is 6. The van der Waals surface area contributed by atoms with E-state index in [0.29, 0.717) is 18.8 Å². The quantitative estimate of drug-likeness (QED) is 0.387. The number of hydrazone groups is 1. The van der Waals surface area contributed by atoms with Gasteiger partial charge >= 0.3 is 0 Å². The van der Waals surface area contributed by atoms with Crippen molar-refractivity contribution in [2.24, 2.45) is 16.0 Å². The van der Waals surface area contributed by atoms with E-state index < -0.39 is 10.0 Å². The third-order valence-electron chi connectivity index (χ3n) is 3.31. The second-order valence-corrected chi connectivity index (χ2v) is 7.01. The number of nitrogens with two attached hydrogens (primary N) is 2. The number of carbonyl (C=O) groups is 1. The van der Waals surface area contributed by atoms with Gasteiger partial charge in [0.25, 0.3) is 5.91 Å². The predicted molar refractivity (Wildman–Crippen MR) is 91.5 cm³/mol. The van der Waals surface area contributed by atoms with Gasteiger partial charge in [0.1, 0.15) is 4.99 Å². The number of carbonyl (C=O) groups excluding carboxylic acids is 1. The van der Waals surface area contributed by atoms with E-state index in [4.69, 9.17) is 23.1 Å².